The molecule has 0 saturated heterocycles. The van der Waals surface area contributed by atoms with Gasteiger partial charge in [0.1, 0.15) is 0 Å². The molecule has 1 aliphatic rings. The molecule has 0 radical (unpaired) electrons. The Hall–Kier alpha value is -0.610. The van der Waals surface area contributed by atoms with Crippen molar-refractivity contribution in [2.24, 2.45) is 5.41 Å². The van der Waals surface area contributed by atoms with Gasteiger partial charge in [0.15, 0.2) is 5.13 Å². The van der Waals surface area contributed by atoms with Gasteiger partial charge in [-0.05, 0) is 42.9 Å². The molecule has 1 N–H and O–H groups in total. The molecular formula is C15H19BrN2S. The zero-order valence-electron chi connectivity index (χ0n) is 11.2. The first-order valence-electron chi connectivity index (χ1n) is 7.01. The summed E-state index contributed by atoms with van der Waals surface area (Å²) in [6.07, 6.45) is 6.79. The summed E-state index contributed by atoms with van der Waals surface area (Å²) in [5, 5.41) is 4.64. The molecule has 0 spiro atoms. The van der Waals surface area contributed by atoms with Crippen molar-refractivity contribution >= 4 is 42.6 Å². The van der Waals surface area contributed by atoms with Crippen molar-refractivity contribution in [2.75, 3.05) is 11.9 Å². The van der Waals surface area contributed by atoms with Gasteiger partial charge in [0.2, 0.25) is 0 Å². The van der Waals surface area contributed by atoms with Crippen molar-refractivity contribution in [1.82, 2.24) is 4.98 Å². The second-order valence-electron chi connectivity index (χ2n) is 5.55. The third-order valence-electron chi connectivity index (χ3n) is 4.38. The van der Waals surface area contributed by atoms with Crippen LogP contribution in [-0.4, -0.2) is 11.5 Å². The van der Waals surface area contributed by atoms with Crippen molar-refractivity contribution in [2.45, 2.75) is 39.0 Å². The molecule has 1 aliphatic carbocycles. The summed E-state index contributed by atoms with van der Waals surface area (Å²) in [6, 6.07) is 6.27. The molecule has 0 unspecified atom stereocenters. The summed E-state index contributed by atoms with van der Waals surface area (Å²) < 4.78 is 2.37. The maximum absolute atomic E-state index is 4.67. The van der Waals surface area contributed by atoms with Crippen LogP contribution in [0.2, 0.25) is 0 Å². The lowest BCUT2D eigenvalue weighted by Crippen LogP contribution is -2.25. The van der Waals surface area contributed by atoms with E-state index in [1.165, 1.54) is 36.8 Å². The summed E-state index contributed by atoms with van der Waals surface area (Å²) in [5.41, 5.74) is 1.60. The average Bonchev–Trinajstić information content (AvgIpc) is 3.02. The number of benzene rings is 1. The molecule has 0 aliphatic heterocycles. The fourth-order valence-corrected chi connectivity index (χ4v) is 4.43. The first-order chi connectivity index (χ1) is 9.21. The molecule has 1 aromatic heterocycles. The molecule has 4 heteroatoms. The molecule has 3 rings (SSSR count). The molecule has 1 aromatic carbocycles. The van der Waals surface area contributed by atoms with Crippen LogP contribution in [0.15, 0.2) is 22.7 Å². The fourth-order valence-electron chi connectivity index (χ4n) is 3.02. The lowest BCUT2D eigenvalue weighted by atomic mass is 9.83. The average molecular weight is 339 g/mol. The Morgan fingerprint density at radius 1 is 1.37 bits per heavy atom. The van der Waals surface area contributed by atoms with Gasteiger partial charge in [-0.1, -0.05) is 47.0 Å². The minimum atomic E-state index is 0.512. The molecule has 0 bridgehead atoms. The summed E-state index contributed by atoms with van der Waals surface area (Å²) in [4.78, 5) is 4.67. The molecular weight excluding hydrogens is 320 g/mol. The van der Waals surface area contributed by atoms with Crippen LogP contribution in [0.4, 0.5) is 5.13 Å². The molecule has 2 nitrogen and oxygen atoms in total. The Morgan fingerprint density at radius 2 is 2.16 bits per heavy atom. The van der Waals surface area contributed by atoms with Gasteiger partial charge in [0.25, 0.3) is 0 Å². The Balaban J connectivity index is 1.74. The van der Waals surface area contributed by atoms with Gasteiger partial charge in [-0.2, -0.15) is 0 Å². The van der Waals surface area contributed by atoms with E-state index in [-0.39, 0.29) is 0 Å². The normalized spacial score (nSPS) is 18.0. The number of hydrogen-bond acceptors (Lipinski definition) is 3. The highest BCUT2D eigenvalue weighted by Crippen LogP contribution is 2.41. The van der Waals surface area contributed by atoms with Crippen LogP contribution < -0.4 is 5.32 Å². The van der Waals surface area contributed by atoms with Gasteiger partial charge in [-0.15, -0.1) is 0 Å². The SMILES string of the molecule is CCC1(CNc2nc3ccc(Br)cc3s2)CCCC1. The smallest absolute Gasteiger partial charge is 0.183 e. The second kappa shape index (κ2) is 5.41. The van der Waals surface area contributed by atoms with Crippen LogP contribution in [-0.2, 0) is 0 Å². The largest absolute Gasteiger partial charge is 0.361 e. The van der Waals surface area contributed by atoms with E-state index in [0.29, 0.717) is 5.41 Å². The summed E-state index contributed by atoms with van der Waals surface area (Å²) in [7, 11) is 0. The van der Waals surface area contributed by atoms with Gasteiger partial charge in [-0.3, -0.25) is 0 Å². The summed E-state index contributed by atoms with van der Waals surface area (Å²) >= 11 is 5.26. The highest BCUT2D eigenvalue weighted by atomic mass is 79.9. The van der Waals surface area contributed by atoms with Gasteiger partial charge in [0.05, 0.1) is 10.2 Å². The van der Waals surface area contributed by atoms with Crippen LogP contribution in [0.3, 0.4) is 0 Å². The molecule has 1 saturated carbocycles. The zero-order chi connectivity index (χ0) is 13.3. The number of rotatable bonds is 4. The minimum absolute atomic E-state index is 0.512. The first kappa shape index (κ1) is 13.4. The molecule has 2 aromatic rings. The van der Waals surface area contributed by atoms with Crippen LogP contribution in [0.5, 0.6) is 0 Å². The number of thiazole rings is 1. The maximum atomic E-state index is 4.67. The van der Waals surface area contributed by atoms with E-state index in [2.05, 4.69) is 51.4 Å². The molecule has 1 fully saturated rings. The number of aromatic nitrogens is 1. The second-order valence-corrected chi connectivity index (χ2v) is 7.49. The van der Waals surface area contributed by atoms with E-state index < -0.39 is 0 Å². The predicted molar refractivity (Wildman–Crippen MR) is 87.0 cm³/mol. The Bertz CT molecular complexity index is 573. The zero-order valence-corrected chi connectivity index (χ0v) is 13.6. The van der Waals surface area contributed by atoms with E-state index in [1.54, 1.807) is 11.3 Å². The molecule has 1 heterocycles. The van der Waals surface area contributed by atoms with Crippen molar-refractivity contribution in [3.8, 4) is 0 Å². The van der Waals surface area contributed by atoms with Crippen molar-refractivity contribution < 1.29 is 0 Å². The topological polar surface area (TPSA) is 24.9 Å². The third kappa shape index (κ3) is 2.79. The van der Waals surface area contributed by atoms with Crippen LogP contribution in [0, 0.1) is 5.41 Å². The number of hydrogen-bond donors (Lipinski definition) is 1. The Labute approximate surface area is 126 Å². The van der Waals surface area contributed by atoms with Crippen molar-refractivity contribution in [1.29, 1.82) is 0 Å². The van der Waals surface area contributed by atoms with Crippen LogP contribution >= 0.6 is 27.3 Å². The maximum Gasteiger partial charge on any atom is 0.183 e. The highest BCUT2D eigenvalue weighted by molar-refractivity contribution is 9.10. The Morgan fingerprint density at radius 3 is 2.89 bits per heavy atom. The first-order valence-corrected chi connectivity index (χ1v) is 8.62. The summed E-state index contributed by atoms with van der Waals surface area (Å²) in [5.74, 6) is 0. The molecule has 102 valence electrons. The van der Waals surface area contributed by atoms with Crippen LogP contribution in [0.25, 0.3) is 10.2 Å². The number of nitrogens with zero attached hydrogens (tertiary/aromatic N) is 1. The number of nitrogens with one attached hydrogen (secondary N) is 1. The van der Waals surface area contributed by atoms with Crippen LogP contribution in [0.1, 0.15) is 39.0 Å². The number of fused-ring (bicyclic) bond motifs is 1. The van der Waals surface area contributed by atoms with Gasteiger partial charge in [-0.25, -0.2) is 4.98 Å². The predicted octanol–water partition coefficient (Wildman–Crippen LogP) is 5.44. The third-order valence-corrected chi connectivity index (χ3v) is 5.85. The number of anilines is 1. The number of halogens is 1. The van der Waals surface area contributed by atoms with Gasteiger partial charge < -0.3 is 5.32 Å². The van der Waals surface area contributed by atoms with E-state index >= 15 is 0 Å². The van der Waals surface area contributed by atoms with Crippen molar-refractivity contribution in [3.63, 3.8) is 0 Å². The lowest BCUT2D eigenvalue weighted by Gasteiger charge is -2.27. The Kier molecular flexibility index (Phi) is 3.81. The quantitative estimate of drug-likeness (QED) is 0.802. The lowest BCUT2D eigenvalue weighted by molar-refractivity contribution is 0.307. The monoisotopic (exact) mass is 338 g/mol. The highest BCUT2D eigenvalue weighted by Gasteiger charge is 2.31. The molecule has 0 amide bonds. The molecule has 0 atom stereocenters. The van der Waals surface area contributed by atoms with Gasteiger partial charge in [0, 0.05) is 11.0 Å². The molecule has 19 heavy (non-hydrogen) atoms. The van der Waals surface area contributed by atoms with E-state index in [9.17, 15) is 0 Å². The van der Waals surface area contributed by atoms with E-state index in [0.717, 1.165) is 21.7 Å². The van der Waals surface area contributed by atoms with E-state index in [1.807, 2.05) is 0 Å². The summed E-state index contributed by atoms with van der Waals surface area (Å²) in [6.45, 7) is 3.40. The fraction of sp³-hybridized carbons (Fsp3) is 0.533. The minimum Gasteiger partial charge on any atom is -0.361 e. The van der Waals surface area contributed by atoms with Gasteiger partial charge >= 0.3 is 0 Å². The van der Waals surface area contributed by atoms with E-state index in [4.69, 9.17) is 0 Å². The standard InChI is InChI=1S/C15H19BrN2S/c1-2-15(7-3-4-8-15)10-17-14-18-12-6-5-11(16)9-13(12)19-14/h5-6,9H,2-4,7-8,10H2,1H3,(H,17,18). The van der Waals surface area contributed by atoms with Crippen molar-refractivity contribution in [3.05, 3.63) is 22.7 Å².